The van der Waals surface area contributed by atoms with Crippen molar-refractivity contribution in [2.45, 2.75) is 52.1 Å². The van der Waals surface area contributed by atoms with Crippen LogP contribution in [-0.4, -0.2) is 28.8 Å². The summed E-state index contributed by atoms with van der Waals surface area (Å²) in [5.41, 5.74) is 0. The fourth-order valence-electron chi connectivity index (χ4n) is 2.39. The molecular weight excluding hydrogens is 286 g/mol. The summed E-state index contributed by atoms with van der Waals surface area (Å²) in [6, 6.07) is -0.148. The molecule has 6 heteroatoms. The first-order chi connectivity index (χ1) is 10.0. The van der Waals surface area contributed by atoms with Crippen LogP contribution >= 0.6 is 11.3 Å². The lowest BCUT2D eigenvalue weighted by Gasteiger charge is -2.24. The molecule has 1 aromatic rings. The molecule has 0 saturated heterocycles. The molecule has 21 heavy (non-hydrogen) atoms. The summed E-state index contributed by atoms with van der Waals surface area (Å²) in [4.78, 5) is 17.8. The summed E-state index contributed by atoms with van der Waals surface area (Å²) in [6.45, 7) is 6.20. The average molecular weight is 311 g/mol. The molecule has 1 heterocycles. The van der Waals surface area contributed by atoms with Crippen LogP contribution in [0.5, 0.6) is 0 Å². The van der Waals surface area contributed by atoms with Crippen LogP contribution in [0, 0.1) is 18.8 Å². The first-order valence-electron chi connectivity index (χ1n) is 7.61. The molecule has 2 rings (SSSR count). The summed E-state index contributed by atoms with van der Waals surface area (Å²) in [5, 5.41) is 16.1. The number of thiazole rings is 1. The van der Waals surface area contributed by atoms with Gasteiger partial charge < -0.3 is 15.7 Å². The Labute approximate surface area is 130 Å². The second-order valence-corrected chi connectivity index (χ2v) is 7.37. The lowest BCUT2D eigenvalue weighted by molar-refractivity contribution is 0.215. The highest BCUT2D eigenvalue weighted by atomic mass is 32.1. The van der Waals surface area contributed by atoms with Crippen LogP contribution in [0.15, 0.2) is 6.20 Å². The number of nitrogens with zero attached hydrogens (tertiary/aromatic N) is 1. The predicted octanol–water partition coefficient (Wildman–Crippen LogP) is 2.61. The van der Waals surface area contributed by atoms with Crippen molar-refractivity contribution in [3.05, 3.63) is 16.1 Å². The zero-order valence-corrected chi connectivity index (χ0v) is 13.7. The molecule has 1 fully saturated rings. The number of hydrogen-bond acceptors (Lipinski definition) is 4. The topological polar surface area (TPSA) is 74.2 Å². The summed E-state index contributed by atoms with van der Waals surface area (Å²) < 4.78 is 0. The van der Waals surface area contributed by atoms with E-state index >= 15 is 0 Å². The predicted molar refractivity (Wildman–Crippen MR) is 84.3 cm³/mol. The van der Waals surface area contributed by atoms with Crippen LogP contribution in [-0.2, 0) is 0 Å². The average Bonchev–Trinajstić information content (AvgIpc) is 3.17. The second-order valence-electron chi connectivity index (χ2n) is 6.10. The molecule has 5 nitrogen and oxygen atoms in total. The number of urea groups is 1. The van der Waals surface area contributed by atoms with Gasteiger partial charge in [0.2, 0.25) is 0 Å². The van der Waals surface area contributed by atoms with Gasteiger partial charge in [-0.3, -0.25) is 0 Å². The van der Waals surface area contributed by atoms with Gasteiger partial charge >= 0.3 is 6.03 Å². The standard InChI is InChI=1S/C15H25N3O2S/c1-9(2)12(6-7-19)17-15(20)18-13(11-4-5-11)14-16-8-10(3)21-14/h8-9,11-13,19H,4-7H2,1-3H3,(H2,17,18,20). The number of hydrogen-bond donors (Lipinski definition) is 3. The van der Waals surface area contributed by atoms with Gasteiger partial charge in [-0.15, -0.1) is 11.3 Å². The highest BCUT2D eigenvalue weighted by Crippen LogP contribution is 2.41. The van der Waals surface area contributed by atoms with E-state index < -0.39 is 0 Å². The monoisotopic (exact) mass is 311 g/mol. The van der Waals surface area contributed by atoms with Gasteiger partial charge in [-0.1, -0.05) is 13.8 Å². The molecule has 2 amide bonds. The van der Waals surface area contributed by atoms with Crippen molar-refractivity contribution in [3.8, 4) is 0 Å². The Kier molecular flexibility index (Phi) is 5.58. The molecule has 1 aromatic heterocycles. The molecule has 118 valence electrons. The first-order valence-corrected chi connectivity index (χ1v) is 8.43. The maximum absolute atomic E-state index is 12.2. The summed E-state index contributed by atoms with van der Waals surface area (Å²) >= 11 is 1.65. The zero-order chi connectivity index (χ0) is 15.4. The van der Waals surface area contributed by atoms with E-state index in [0.29, 0.717) is 18.3 Å². The van der Waals surface area contributed by atoms with E-state index in [-0.39, 0.29) is 24.7 Å². The minimum atomic E-state index is -0.160. The smallest absolute Gasteiger partial charge is 0.315 e. The zero-order valence-electron chi connectivity index (χ0n) is 12.9. The maximum Gasteiger partial charge on any atom is 0.315 e. The highest BCUT2D eigenvalue weighted by Gasteiger charge is 2.35. The normalized spacial score (nSPS) is 17.6. The van der Waals surface area contributed by atoms with E-state index in [1.54, 1.807) is 11.3 Å². The van der Waals surface area contributed by atoms with Crippen molar-refractivity contribution in [2.75, 3.05) is 6.61 Å². The number of aliphatic hydroxyl groups is 1. The van der Waals surface area contributed by atoms with Crippen LogP contribution < -0.4 is 10.6 Å². The van der Waals surface area contributed by atoms with Crippen LogP contribution in [0.1, 0.15) is 49.0 Å². The molecular formula is C15H25N3O2S. The minimum Gasteiger partial charge on any atom is -0.396 e. The van der Waals surface area contributed by atoms with Gasteiger partial charge in [0.05, 0.1) is 6.04 Å². The van der Waals surface area contributed by atoms with Crippen molar-refractivity contribution in [3.63, 3.8) is 0 Å². The molecule has 1 saturated carbocycles. The Hall–Kier alpha value is -1.14. The van der Waals surface area contributed by atoms with Crippen LogP contribution in [0.3, 0.4) is 0 Å². The summed E-state index contributed by atoms with van der Waals surface area (Å²) in [6.07, 6.45) is 4.73. The Morgan fingerprint density at radius 2 is 2.19 bits per heavy atom. The van der Waals surface area contributed by atoms with Crippen molar-refractivity contribution < 1.29 is 9.90 Å². The number of carbonyl (C=O) groups excluding carboxylic acids is 1. The van der Waals surface area contributed by atoms with Gasteiger partial charge in [0.1, 0.15) is 5.01 Å². The number of nitrogens with one attached hydrogen (secondary N) is 2. The number of amides is 2. The van der Waals surface area contributed by atoms with Crippen molar-refractivity contribution in [1.82, 2.24) is 15.6 Å². The minimum absolute atomic E-state index is 0.00659. The quantitative estimate of drug-likeness (QED) is 0.724. The van der Waals surface area contributed by atoms with Gasteiger partial charge in [-0.05, 0) is 38.0 Å². The Bertz CT molecular complexity index is 471. The number of rotatable bonds is 7. The third-order valence-corrected chi connectivity index (χ3v) is 4.84. The third kappa shape index (κ3) is 4.68. The lowest BCUT2D eigenvalue weighted by atomic mass is 10.0. The van der Waals surface area contributed by atoms with E-state index in [1.165, 1.54) is 0 Å². The Morgan fingerprint density at radius 3 is 2.67 bits per heavy atom. The van der Waals surface area contributed by atoms with E-state index in [1.807, 2.05) is 27.0 Å². The van der Waals surface area contributed by atoms with Crippen molar-refractivity contribution in [1.29, 1.82) is 0 Å². The molecule has 1 aliphatic carbocycles. The van der Waals surface area contributed by atoms with E-state index in [2.05, 4.69) is 15.6 Å². The lowest BCUT2D eigenvalue weighted by Crippen LogP contribution is -2.46. The van der Waals surface area contributed by atoms with Crippen molar-refractivity contribution in [2.24, 2.45) is 11.8 Å². The Morgan fingerprint density at radius 1 is 1.48 bits per heavy atom. The van der Waals surface area contributed by atoms with Gasteiger partial charge in [0.25, 0.3) is 0 Å². The third-order valence-electron chi connectivity index (χ3n) is 3.85. The van der Waals surface area contributed by atoms with Gasteiger partial charge in [0.15, 0.2) is 0 Å². The fourth-order valence-corrected chi connectivity index (χ4v) is 3.31. The number of carbonyl (C=O) groups is 1. The molecule has 0 radical (unpaired) electrons. The molecule has 2 atom stereocenters. The number of aliphatic hydroxyl groups excluding tert-OH is 1. The number of aryl methyl sites for hydroxylation is 1. The SMILES string of the molecule is Cc1cnc(C(NC(=O)NC(CCO)C(C)C)C2CC2)s1. The molecule has 2 unspecified atom stereocenters. The fraction of sp³-hybridized carbons (Fsp3) is 0.733. The highest BCUT2D eigenvalue weighted by molar-refractivity contribution is 7.11. The van der Waals surface area contributed by atoms with E-state index in [0.717, 1.165) is 22.7 Å². The molecule has 1 aliphatic rings. The molecule has 0 aromatic carbocycles. The van der Waals surface area contributed by atoms with Crippen LogP contribution in [0.4, 0.5) is 4.79 Å². The molecule has 0 spiro atoms. The Balaban J connectivity index is 1.95. The van der Waals surface area contributed by atoms with Gasteiger partial charge in [-0.25, -0.2) is 9.78 Å². The summed E-state index contributed by atoms with van der Waals surface area (Å²) in [5.74, 6) is 0.807. The molecule has 0 aliphatic heterocycles. The second kappa shape index (κ2) is 7.22. The molecule has 3 N–H and O–H groups in total. The number of aromatic nitrogens is 1. The van der Waals surface area contributed by atoms with Crippen LogP contribution in [0.25, 0.3) is 0 Å². The largest absolute Gasteiger partial charge is 0.396 e. The van der Waals surface area contributed by atoms with Crippen LogP contribution in [0.2, 0.25) is 0 Å². The first kappa shape index (κ1) is 16.2. The maximum atomic E-state index is 12.2. The van der Waals surface area contributed by atoms with E-state index in [4.69, 9.17) is 5.11 Å². The van der Waals surface area contributed by atoms with Gasteiger partial charge in [0, 0.05) is 23.7 Å². The van der Waals surface area contributed by atoms with Crippen molar-refractivity contribution >= 4 is 17.4 Å². The van der Waals surface area contributed by atoms with E-state index in [9.17, 15) is 4.79 Å². The van der Waals surface area contributed by atoms with Gasteiger partial charge in [-0.2, -0.15) is 0 Å². The molecule has 0 bridgehead atoms. The summed E-state index contributed by atoms with van der Waals surface area (Å²) in [7, 11) is 0.